The van der Waals surface area contributed by atoms with Crippen molar-refractivity contribution in [3.05, 3.63) is 29.8 Å². The Morgan fingerprint density at radius 1 is 1.21 bits per heavy atom. The van der Waals surface area contributed by atoms with Gasteiger partial charge in [0.15, 0.2) is 5.78 Å². The lowest BCUT2D eigenvalue weighted by Crippen LogP contribution is -2.47. The first kappa shape index (κ1) is 18.2. The summed E-state index contributed by atoms with van der Waals surface area (Å²) in [4.78, 5) is 38.0. The van der Waals surface area contributed by atoms with Crippen molar-refractivity contribution >= 4 is 17.7 Å². The van der Waals surface area contributed by atoms with Crippen LogP contribution in [0.15, 0.2) is 24.3 Å². The number of carbonyl (C=O) groups is 3. The molecule has 1 aliphatic rings. The van der Waals surface area contributed by atoms with E-state index >= 15 is 0 Å². The minimum absolute atomic E-state index is 0.0542. The summed E-state index contributed by atoms with van der Waals surface area (Å²) in [5, 5.41) is 0. The van der Waals surface area contributed by atoms with Crippen molar-refractivity contribution in [3.63, 3.8) is 0 Å². The average Bonchev–Trinajstić information content (AvgIpc) is 2.53. The monoisotopic (exact) mass is 331 g/mol. The van der Waals surface area contributed by atoms with Crippen molar-refractivity contribution in [1.29, 1.82) is 0 Å². The third-order valence-corrected chi connectivity index (χ3v) is 4.14. The second-order valence-electron chi connectivity index (χ2n) is 7.35. The number of hydrogen-bond acceptors (Lipinski definition) is 4. The second kappa shape index (κ2) is 7.16. The van der Waals surface area contributed by atoms with Crippen molar-refractivity contribution in [2.45, 2.75) is 40.5 Å². The largest absolute Gasteiger partial charge is 0.426 e. The molecule has 1 unspecified atom stereocenters. The molecule has 5 nitrogen and oxygen atoms in total. The molecule has 1 aromatic carbocycles. The van der Waals surface area contributed by atoms with E-state index in [9.17, 15) is 14.4 Å². The number of rotatable bonds is 3. The number of carbonyl (C=O) groups excluding carboxylic acids is 3. The van der Waals surface area contributed by atoms with E-state index in [-0.39, 0.29) is 23.6 Å². The molecular formula is C19H25NO4. The van der Waals surface area contributed by atoms with Gasteiger partial charge in [-0.2, -0.15) is 0 Å². The highest BCUT2D eigenvalue weighted by atomic mass is 16.5. The van der Waals surface area contributed by atoms with E-state index in [1.807, 2.05) is 20.8 Å². The van der Waals surface area contributed by atoms with Crippen LogP contribution < -0.4 is 4.74 Å². The fourth-order valence-electron chi connectivity index (χ4n) is 2.81. The Bertz CT molecular complexity index is 645. The van der Waals surface area contributed by atoms with Crippen LogP contribution in [0.2, 0.25) is 0 Å². The normalized spacial score (nSPS) is 18.2. The van der Waals surface area contributed by atoms with Crippen LogP contribution in [0.1, 0.15) is 50.9 Å². The summed E-state index contributed by atoms with van der Waals surface area (Å²) in [7, 11) is 0. The maximum atomic E-state index is 12.4. The van der Waals surface area contributed by atoms with Crippen LogP contribution in [0.4, 0.5) is 0 Å². The first-order valence-corrected chi connectivity index (χ1v) is 8.30. The molecule has 0 radical (unpaired) electrons. The highest BCUT2D eigenvalue weighted by Gasteiger charge is 2.34. The molecule has 24 heavy (non-hydrogen) atoms. The van der Waals surface area contributed by atoms with Gasteiger partial charge < -0.3 is 9.64 Å². The van der Waals surface area contributed by atoms with Gasteiger partial charge in [-0.15, -0.1) is 0 Å². The van der Waals surface area contributed by atoms with E-state index in [0.29, 0.717) is 30.8 Å². The molecular weight excluding hydrogens is 306 g/mol. The topological polar surface area (TPSA) is 63.7 Å². The Labute approximate surface area is 143 Å². The number of hydrogen-bond donors (Lipinski definition) is 0. The van der Waals surface area contributed by atoms with Crippen LogP contribution in [-0.4, -0.2) is 35.6 Å². The maximum Gasteiger partial charge on any atom is 0.316 e. The van der Waals surface area contributed by atoms with Crippen LogP contribution in [0.3, 0.4) is 0 Å². The van der Waals surface area contributed by atoms with Crippen molar-refractivity contribution in [1.82, 2.24) is 4.90 Å². The van der Waals surface area contributed by atoms with Crippen LogP contribution >= 0.6 is 0 Å². The number of likely N-dealkylation sites (tertiary alicyclic amines) is 1. The highest BCUT2D eigenvalue weighted by molar-refractivity contribution is 5.94. The molecule has 130 valence electrons. The van der Waals surface area contributed by atoms with Gasteiger partial charge in [0.05, 0.1) is 5.92 Å². The number of benzene rings is 1. The van der Waals surface area contributed by atoms with E-state index in [2.05, 4.69) is 0 Å². The zero-order valence-corrected chi connectivity index (χ0v) is 14.8. The van der Waals surface area contributed by atoms with Crippen LogP contribution in [0, 0.1) is 11.3 Å². The first-order valence-electron chi connectivity index (χ1n) is 8.30. The summed E-state index contributed by atoms with van der Waals surface area (Å²) in [6.07, 6.45) is 1.49. The summed E-state index contributed by atoms with van der Waals surface area (Å²) >= 11 is 0. The predicted molar refractivity (Wildman–Crippen MR) is 90.8 cm³/mol. The van der Waals surface area contributed by atoms with Gasteiger partial charge in [-0.05, 0) is 31.9 Å². The summed E-state index contributed by atoms with van der Waals surface area (Å²) in [5.41, 5.74) is 0.0511. The third kappa shape index (κ3) is 4.43. The number of piperidine rings is 1. The number of nitrogens with zero attached hydrogens (tertiary/aromatic N) is 1. The smallest absolute Gasteiger partial charge is 0.316 e. The van der Waals surface area contributed by atoms with Crippen molar-refractivity contribution < 1.29 is 19.1 Å². The lowest BCUT2D eigenvalue weighted by molar-refractivity contribution is -0.146. The Morgan fingerprint density at radius 3 is 2.54 bits per heavy atom. The molecule has 1 heterocycles. The maximum absolute atomic E-state index is 12.4. The Balaban J connectivity index is 2.03. The number of ketones is 1. The van der Waals surface area contributed by atoms with Gasteiger partial charge in [-0.1, -0.05) is 32.9 Å². The molecule has 0 aromatic heterocycles. The zero-order valence-electron chi connectivity index (χ0n) is 14.8. The van der Waals surface area contributed by atoms with Crippen LogP contribution in [0.25, 0.3) is 0 Å². The van der Waals surface area contributed by atoms with Gasteiger partial charge in [0, 0.05) is 24.1 Å². The molecule has 1 aromatic rings. The minimum Gasteiger partial charge on any atom is -0.426 e. The van der Waals surface area contributed by atoms with Gasteiger partial charge in [-0.25, -0.2) is 0 Å². The van der Waals surface area contributed by atoms with Gasteiger partial charge in [-0.3, -0.25) is 14.4 Å². The van der Waals surface area contributed by atoms with Gasteiger partial charge in [0.25, 0.3) is 0 Å². The Kier molecular flexibility index (Phi) is 5.42. The number of ether oxygens (including phenoxy) is 1. The quantitative estimate of drug-likeness (QED) is 0.485. The minimum atomic E-state index is -0.457. The van der Waals surface area contributed by atoms with Gasteiger partial charge in [0.2, 0.25) is 5.91 Å². The third-order valence-electron chi connectivity index (χ3n) is 4.14. The Hall–Kier alpha value is -2.17. The molecule has 0 N–H and O–H groups in total. The van der Waals surface area contributed by atoms with E-state index in [4.69, 9.17) is 4.74 Å². The summed E-state index contributed by atoms with van der Waals surface area (Å²) < 4.78 is 5.43. The van der Waals surface area contributed by atoms with E-state index in [1.165, 1.54) is 6.92 Å². The molecule has 1 fully saturated rings. The highest BCUT2D eigenvalue weighted by Crippen LogP contribution is 2.25. The molecule has 0 spiro atoms. The standard InChI is InChI=1S/C19H25NO4/c1-13(21)14-7-5-9-16(11-14)24-17(22)15-8-6-10-20(12-15)18(23)19(2,3)4/h5,7,9,11,15H,6,8,10,12H2,1-4H3. The van der Waals surface area contributed by atoms with Crippen LogP contribution in [0.5, 0.6) is 5.75 Å². The van der Waals surface area contributed by atoms with Crippen molar-refractivity contribution in [2.24, 2.45) is 11.3 Å². The molecule has 1 amide bonds. The molecule has 1 atom stereocenters. The summed E-state index contributed by atoms with van der Waals surface area (Å²) in [6, 6.07) is 6.60. The number of esters is 1. The molecule has 1 aliphatic heterocycles. The fourth-order valence-corrected chi connectivity index (χ4v) is 2.81. The number of Topliss-reactive ketones (excluding diaryl/α,β-unsaturated/α-hetero) is 1. The SMILES string of the molecule is CC(=O)c1cccc(OC(=O)C2CCCN(C(=O)C(C)(C)C)C2)c1. The zero-order chi connectivity index (χ0) is 17.9. The molecule has 0 bridgehead atoms. The first-order chi connectivity index (χ1) is 11.2. The lowest BCUT2D eigenvalue weighted by Gasteiger charge is -2.35. The van der Waals surface area contributed by atoms with Crippen molar-refractivity contribution in [2.75, 3.05) is 13.1 Å². The predicted octanol–water partition coefficient (Wildman–Crippen LogP) is 3.08. The van der Waals surface area contributed by atoms with Gasteiger partial charge >= 0.3 is 5.97 Å². The molecule has 0 saturated carbocycles. The van der Waals surface area contributed by atoms with E-state index in [0.717, 1.165) is 6.42 Å². The average molecular weight is 331 g/mol. The lowest BCUT2D eigenvalue weighted by atomic mass is 9.91. The molecule has 1 saturated heterocycles. The van der Waals surface area contributed by atoms with E-state index < -0.39 is 5.41 Å². The molecule has 2 rings (SSSR count). The number of amides is 1. The second-order valence-corrected chi connectivity index (χ2v) is 7.35. The molecule has 5 heteroatoms. The van der Waals surface area contributed by atoms with E-state index in [1.54, 1.807) is 29.2 Å². The molecule has 0 aliphatic carbocycles. The van der Waals surface area contributed by atoms with Crippen molar-refractivity contribution in [3.8, 4) is 5.75 Å². The summed E-state index contributed by atoms with van der Waals surface area (Å²) in [6.45, 7) is 8.18. The van der Waals surface area contributed by atoms with Gasteiger partial charge in [0.1, 0.15) is 5.75 Å². The Morgan fingerprint density at radius 2 is 1.92 bits per heavy atom. The fraction of sp³-hybridized carbons (Fsp3) is 0.526. The van der Waals surface area contributed by atoms with Crippen LogP contribution in [-0.2, 0) is 9.59 Å². The summed E-state index contributed by atoms with van der Waals surface area (Å²) in [5.74, 6) is -0.328.